The fourth-order valence-corrected chi connectivity index (χ4v) is 5.26. The van der Waals surface area contributed by atoms with Gasteiger partial charge in [-0.1, -0.05) is 20.8 Å². The van der Waals surface area contributed by atoms with E-state index in [9.17, 15) is 13.2 Å². The maximum atomic E-state index is 13.1. The molecule has 1 N–H and O–H groups in total. The van der Waals surface area contributed by atoms with Crippen LogP contribution in [0.5, 0.6) is 5.75 Å². The largest absolute Gasteiger partial charge is 0.495 e. The summed E-state index contributed by atoms with van der Waals surface area (Å²) >= 11 is 1.32. The van der Waals surface area contributed by atoms with Crippen molar-refractivity contribution < 1.29 is 22.7 Å². The molecule has 0 aliphatic carbocycles. The summed E-state index contributed by atoms with van der Waals surface area (Å²) in [6, 6.07) is 4.57. The van der Waals surface area contributed by atoms with Crippen LogP contribution in [0.3, 0.4) is 0 Å². The van der Waals surface area contributed by atoms with Gasteiger partial charge < -0.3 is 14.8 Å². The molecule has 1 aliphatic rings. The second kappa shape index (κ2) is 8.39. The molecule has 2 heterocycles. The molecular formula is C19H25N3O5S2. The number of thiazole rings is 1. The Kier molecular flexibility index (Phi) is 6.27. The molecule has 0 radical (unpaired) electrons. The van der Waals surface area contributed by atoms with Gasteiger partial charge in [-0.25, -0.2) is 13.4 Å². The number of sulfonamides is 1. The number of methoxy groups -OCH3 is 1. The van der Waals surface area contributed by atoms with Crippen molar-refractivity contribution in [1.29, 1.82) is 0 Å². The number of hydrogen-bond donors (Lipinski definition) is 1. The van der Waals surface area contributed by atoms with E-state index in [2.05, 4.69) is 10.3 Å². The minimum absolute atomic E-state index is 0.0133. The maximum absolute atomic E-state index is 13.1. The highest BCUT2D eigenvalue weighted by atomic mass is 32.2. The Morgan fingerprint density at radius 1 is 1.28 bits per heavy atom. The number of nitrogens with zero attached hydrogens (tertiary/aromatic N) is 2. The van der Waals surface area contributed by atoms with Gasteiger partial charge >= 0.3 is 0 Å². The Balaban J connectivity index is 1.86. The fourth-order valence-electron chi connectivity index (χ4n) is 2.80. The molecule has 29 heavy (non-hydrogen) atoms. The van der Waals surface area contributed by atoms with Gasteiger partial charge in [-0.15, -0.1) is 11.3 Å². The first-order valence-electron chi connectivity index (χ1n) is 9.16. The highest BCUT2D eigenvalue weighted by molar-refractivity contribution is 7.89. The van der Waals surface area contributed by atoms with Crippen LogP contribution in [-0.4, -0.2) is 57.0 Å². The summed E-state index contributed by atoms with van der Waals surface area (Å²) in [7, 11) is -2.36. The zero-order valence-electron chi connectivity index (χ0n) is 16.9. The number of hydrogen-bond acceptors (Lipinski definition) is 7. The van der Waals surface area contributed by atoms with E-state index >= 15 is 0 Å². The second-order valence-corrected chi connectivity index (χ2v) is 10.6. The number of carbonyl (C=O) groups is 1. The van der Waals surface area contributed by atoms with E-state index in [1.807, 2.05) is 20.8 Å². The topological polar surface area (TPSA) is 97.8 Å². The third-order valence-corrected chi connectivity index (χ3v) is 7.72. The molecule has 1 aromatic heterocycles. The SMILES string of the molecule is COc1ccc(NC(=O)c2cnc(C(C)(C)C)s2)cc1S(=O)(=O)N1CCOCC1. The van der Waals surface area contributed by atoms with E-state index in [4.69, 9.17) is 9.47 Å². The van der Waals surface area contributed by atoms with Crippen LogP contribution >= 0.6 is 11.3 Å². The molecule has 1 amide bonds. The number of morpholine rings is 1. The molecule has 1 fully saturated rings. The van der Waals surface area contributed by atoms with Crippen molar-refractivity contribution in [3.8, 4) is 5.75 Å². The lowest BCUT2D eigenvalue weighted by Gasteiger charge is -2.26. The smallest absolute Gasteiger partial charge is 0.267 e. The lowest BCUT2D eigenvalue weighted by Crippen LogP contribution is -2.40. The molecule has 0 spiro atoms. The monoisotopic (exact) mass is 439 g/mol. The van der Waals surface area contributed by atoms with E-state index in [-0.39, 0.29) is 35.1 Å². The Morgan fingerprint density at radius 3 is 2.55 bits per heavy atom. The van der Waals surface area contributed by atoms with Gasteiger partial charge in [0.15, 0.2) is 0 Å². The van der Waals surface area contributed by atoms with Gasteiger partial charge in [-0.2, -0.15) is 4.31 Å². The molecule has 8 nitrogen and oxygen atoms in total. The van der Waals surface area contributed by atoms with Gasteiger partial charge in [-0.05, 0) is 18.2 Å². The number of benzene rings is 1. The molecule has 0 atom stereocenters. The van der Waals surface area contributed by atoms with Crippen molar-refractivity contribution in [2.24, 2.45) is 0 Å². The number of aromatic nitrogens is 1. The van der Waals surface area contributed by atoms with E-state index in [0.29, 0.717) is 23.8 Å². The first kappa shape index (κ1) is 21.7. The highest BCUT2D eigenvalue weighted by Gasteiger charge is 2.30. The third kappa shape index (κ3) is 4.77. The summed E-state index contributed by atoms with van der Waals surface area (Å²) in [5.74, 6) is -0.111. The quantitative estimate of drug-likeness (QED) is 0.769. The van der Waals surface area contributed by atoms with Gasteiger partial charge in [0.05, 0.1) is 31.5 Å². The number of amides is 1. The minimum atomic E-state index is -3.78. The predicted molar refractivity (Wildman–Crippen MR) is 111 cm³/mol. The van der Waals surface area contributed by atoms with E-state index in [1.54, 1.807) is 6.07 Å². The summed E-state index contributed by atoms with van der Waals surface area (Å²) in [5.41, 5.74) is 0.219. The van der Waals surface area contributed by atoms with Crippen LogP contribution in [0.15, 0.2) is 29.3 Å². The average Bonchev–Trinajstić information content (AvgIpc) is 3.19. The van der Waals surface area contributed by atoms with Gasteiger partial charge in [0, 0.05) is 24.2 Å². The summed E-state index contributed by atoms with van der Waals surface area (Å²) in [6.45, 7) is 7.33. The molecule has 0 saturated carbocycles. The fraction of sp³-hybridized carbons (Fsp3) is 0.474. The predicted octanol–water partition coefficient (Wildman–Crippen LogP) is 2.72. The normalized spacial score (nSPS) is 15.9. The summed E-state index contributed by atoms with van der Waals surface area (Å²) in [4.78, 5) is 17.4. The molecule has 1 aromatic carbocycles. The van der Waals surface area contributed by atoms with Gasteiger partial charge in [0.1, 0.15) is 15.5 Å². The van der Waals surface area contributed by atoms with Crippen molar-refractivity contribution in [2.75, 3.05) is 38.7 Å². The van der Waals surface area contributed by atoms with Crippen molar-refractivity contribution in [3.05, 3.63) is 34.3 Å². The number of anilines is 1. The highest BCUT2D eigenvalue weighted by Crippen LogP contribution is 2.31. The van der Waals surface area contributed by atoms with Crippen LogP contribution in [0.25, 0.3) is 0 Å². The number of carbonyl (C=O) groups excluding carboxylic acids is 1. The molecule has 10 heteroatoms. The van der Waals surface area contributed by atoms with E-state index in [0.717, 1.165) is 5.01 Å². The van der Waals surface area contributed by atoms with Crippen LogP contribution in [0.1, 0.15) is 35.5 Å². The molecule has 2 aromatic rings. The molecule has 0 bridgehead atoms. The summed E-state index contributed by atoms with van der Waals surface area (Å²) in [5, 5.41) is 3.61. The molecule has 158 valence electrons. The lowest BCUT2D eigenvalue weighted by molar-refractivity contribution is 0.0729. The molecule has 3 rings (SSSR count). The molecule has 1 aliphatic heterocycles. The zero-order chi connectivity index (χ0) is 21.2. The Morgan fingerprint density at radius 2 is 1.97 bits per heavy atom. The zero-order valence-corrected chi connectivity index (χ0v) is 18.5. The van der Waals surface area contributed by atoms with Crippen LogP contribution < -0.4 is 10.1 Å². The van der Waals surface area contributed by atoms with Crippen LogP contribution in [0, 0.1) is 0 Å². The standard InChI is InChI=1S/C19H25N3O5S2/c1-19(2,3)18-20-12-15(28-18)17(23)21-13-5-6-14(26-4)16(11-13)29(24,25)22-7-9-27-10-8-22/h5-6,11-12H,7-10H2,1-4H3,(H,21,23). The molecular weight excluding hydrogens is 414 g/mol. The minimum Gasteiger partial charge on any atom is -0.495 e. The Bertz CT molecular complexity index is 990. The van der Waals surface area contributed by atoms with Crippen molar-refractivity contribution in [3.63, 3.8) is 0 Å². The van der Waals surface area contributed by atoms with Crippen molar-refractivity contribution >= 4 is 33.0 Å². The average molecular weight is 440 g/mol. The lowest BCUT2D eigenvalue weighted by atomic mass is 9.98. The van der Waals surface area contributed by atoms with Crippen LogP contribution in [0.4, 0.5) is 5.69 Å². The van der Waals surface area contributed by atoms with Gasteiger partial charge in [0.25, 0.3) is 5.91 Å². The number of nitrogens with one attached hydrogen (secondary N) is 1. The van der Waals surface area contributed by atoms with Crippen molar-refractivity contribution in [2.45, 2.75) is 31.1 Å². The van der Waals surface area contributed by atoms with E-state index in [1.165, 1.54) is 41.1 Å². The van der Waals surface area contributed by atoms with Crippen LogP contribution in [0.2, 0.25) is 0 Å². The first-order valence-corrected chi connectivity index (χ1v) is 11.4. The van der Waals surface area contributed by atoms with Crippen molar-refractivity contribution in [1.82, 2.24) is 9.29 Å². The van der Waals surface area contributed by atoms with Crippen LogP contribution in [-0.2, 0) is 20.2 Å². The maximum Gasteiger partial charge on any atom is 0.267 e. The number of rotatable bonds is 5. The number of ether oxygens (including phenoxy) is 2. The first-order chi connectivity index (χ1) is 13.6. The third-order valence-electron chi connectivity index (χ3n) is 4.38. The summed E-state index contributed by atoms with van der Waals surface area (Å²) in [6.07, 6.45) is 1.54. The second-order valence-electron chi connectivity index (χ2n) is 7.62. The molecule has 1 saturated heterocycles. The van der Waals surface area contributed by atoms with Gasteiger partial charge in [0.2, 0.25) is 10.0 Å². The van der Waals surface area contributed by atoms with Gasteiger partial charge in [-0.3, -0.25) is 4.79 Å². The summed E-state index contributed by atoms with van der Waals surface area (Å²) < 4.78 is 38.0. The Labute approximate surface area is 174 Å². The molecule has 0 unspecified atom stereocenters. The van der Waals surface area contributed by atoms with E-state index < -0.39 is 10.0 Å². The Hall–Kier alpha value is -2.01.